The Morgan fingerprint density at radius 3 is 2.47 bits per heavy atom. The van der Waals surface area contributed by atoms with Gasteiger partial charge in [-0.25, -0.2) is 0 Å². The van der Waals surface area contributed by atoms with Gasteiger partial charge in [0.05, 0.1) is 6.54 Å². The summed E-state index contributed by atoms with van der Waals surface area (Å²) < 4.78 is 0. The molecule has 0 fully saturated rings. The van der Waals surface area contributed by atoms with E-state index in [2.05, 4.69) is 5.32 Å². The van der Waals surface area contributed by atoms with Gasteiger partial charge >= 0.3 is 5.97 Å². The Morgan fingerprint density at radius 2 is 1.95 bits per heavy atom. The molecule has 5 nitrogen and oxygen atoms in total. The standard InChI is InChI=1S/C14H20N2O3/c1-3-9-15-12(17)10-16(2)13(14(18)19)11-7-5-4-6-8-11/h4-8,13H,3,9-10H2,1-2H3,(H,15,17)(H,18,19). The molecular weight excluding hydrogens is 244 g/mol. The Labute approximate surface area is 113 Å². The van der Waals surface area contributed by atoms with Crippen LogP contribution in [0.15, 0.2) is 30.3 Å². The fourth-order valence-electron chi connectivity index (χ4n) is 1.86. The molecule has 1 aromatic carbocycles. The largest absolute Gasteiger partial charge is 0.480 e. The summed E-state index contributed by atoms with van der Waals surface area (Å²) in [7, 11) is 1.64. The summed E-state index contributed by atoms with van der Waals surface area (Å²) in [5, 5.41) is 12.0. The fourth-order valence-corrected chi connectivity index (χ4v) is 1.86. The monoisotopic (exact) mass is 264 g/mol. The zero-order valence-corrected chi connectivity index (χ0v) is 11.3. The number of rotatable bonds is 7. The van der Waals surface area contributed by atoms with E-state index in [1.54, 1.807) is 31.3 Å². The molecule has 104 valence electrons. The number of carboxylic acids is 1. The Hall–Kier alpha value is -1.88. The van der Waals surface area contributed by atoms with E-state index in [0.29, 0.717) is 12.1 Å². The maximum atomic E-state index is 11.6. The van der Waals surface area contributed by atoms with Gasteiger partial charge < -0.3 is 10.4 Å². The molecule has 0 radical (unpaired) electrons. The molecule has 19 heavy (non-hydrogen) atoms. The Kier molecular flexibility index (Phi) is 6.02. The number of hydrogen-bond donors (Lipinski definition) is 2. The van der Waals surface area contributed by atoms with Gasteiger partial charge in [0.1, 0.15) is 6.04 Å². The molecule has 0 aromatic heterocycles. The summed E-state index contributed by atoms with van der Waals surface area (Å²) in [5.41, 5.74) is 0.667. The van der Waals surface area contributed by atoms with Gasteiger partial charge in [-0.2, -0.15) is 0 Å². The second-order valence-electron chi connectivity index (χ2n) is 4.42. The lowest BCUT2D eigenvalue weighted by molar-refractivity contribution is -0.143. The van der Waals surface area contributed by atoms with Crippen molar-refractivity contribution in [2.45, 2.75) is 19.4 Å². The molecule has 5 heteroatoms. The number of benzene rings is 1. The van der Waals surface area contributed by atoms with E-state index < -0.39 is 12.0 Å². The van der Waals surface area contributed by atoms with Crippen LogP contribution < -0.4 is 5.32 Å². The number of hydrogen-bond acceptors (Lipinski definition) is 3. The number of aliphatic carboxylic acids is 1. The highest BCUT2D eigenvalue weighted by Crippen LogP contribution is 2.18. The minimum Gasteiger partial charge on any atom is -0.480 e. The van der Waals surface area contributed by atoms with Crippen molar-refractivity contribution in [2.75, 3.05) is 20.1 Å². The van der Waals surface area contributed by atoms with Gasteiger partial charge in [0, 0.05) is 6.54 Å². The maximum absolute atomic E-state index is 11.6. The molecule has 0 aliphatic carbocycles. The number of carboxylic acid groups (broad SMARTS) is 1. The third kappa shape index (κ3) is 4.71. The van der Waals surface area contributed by atoms with Crippen LogP contribution >= 0.6 is 0 Å². The third-order valence-corrected chi connectivity index (χ3v) is 2.76. The predicted octanol–water partition coefficient (Wildman–Crippen LogP) is 1.27. The van der Waals surface area contributed by atoms with Gasteiger partial charge in [-0.1, -0.05) is 37.3 Å². The zero-order valence-electron chi connectivity index (χ0n) is 11.3. The lowest BCUT2D eigenvalue weighted by atomic mass is 10.1. The first-order valence-corrected chi connectivity index (χ1v) is 6.31. The normalized spacial score (nSPS) is 12.2. The summed E-state index contributed by atoms with van der Waals surface area (Å²) in [5.74, 6) is -1.12. The average Bonchev–Trinajstić information content (AvgIpc) is 2.37. The van der Waals surface area contributed by atoms with Crippen LogP contribution in [-0.4, -0.2) is 42.0 Å². The van der Waals surface area contributed by atoms with Crippen molar-refractivity contribution in [1.29, 1.82) is 0 Å². The van der Waals surface area contributed by atoms with E-state index in [1.807, 2.05) is 13.0 Å². The van der Waals surface area contributed by atoms with Crippen LogP contribution in [0.25, 0.3) is 0 Å². The van der Waals surface area contributed by atoms with Crippen molar-refractivity contribution in [1.82, 2.24) is 10.2 Å². The van der Waals surface area contributed by atoms with Gasteiger partial charge in [-0.15, -0.1) is 0 Å². The van der Waals surface area contributed by atoms with Crippen molar-refractivity contribution < 1.29 is 14.7 Å². The quantitative estimate of drug-likeness (QED) is 0.778. The number of amides is 1. The first-order valence-electron chi connectivity index (χ1n) is 6.31. The maximum Gasteiger partial charge on any atom is 0.325 e. The van der Waals surface area contributed by atoms with Crippen molar-refractivity contribution in [3.05, 3.63) is 35.9 Å². The van der Waals surface area contributed by atoms with Gasteiger partial charge in [0.2, 0.25) is 5.91 Å². The van der Waals surface area contributed by atoms with Crippen LogP contribution in [0.1, 0.15) is 24.9 Å². The predicted molar refractivity (Wildman–Crippen MR) is 72.7 cm³/mol. The second-order valence-corrected chi connectivity index (χ2v) is 4.42. The van der Waals surface area contributed by atoms with Gasteiger partial charge in [-0.05, 0) is 19.0 Å². The first-order chi connectivity index (χ1) is 9.06. The first kappa shape index (κ1) is 15.2. The lowest BCUT2D eigenvalue weighted by Gasteiger charge is -2.24. The topological polar surface area (TPSA) is 69.6 Å². The number of carbonyl (C=O) groups is 2. The third-order valence-electron chi connectivity index (χ3n) is 2.76. The SMILES string of the molecule is CCCNC(=O)CN(C)C(C(=O)O)c1ccccc1. The van der Waals surface area contributed by atoms with Crippen LogP contribution in [-0.2, 0) is 9.59 Å². The number of carbonyl (C=O) groups excluding carboxylic acids is 1. The zero-order chi connectivity index (χ0) is 14.3. The van der Waals surface area contributed by atoms with Crippen molar-refractivity contribution in [2.24, 2.45) is 0 Å². The van der Waals surface area contributed by atoms with E-state index in [1.165, 1.54) is 4.90 Å². The molecule has 0 aliphatic heterocycles. The van der Waals surface area contributed by atoms with Crippen molar-refractivity contribution >= 4 is 11.9 Å². The molecule has 1 amide bonds. The van der Waals surface area contributed by atoms with Crippen LogP contribution in [0.5, 0.6) is 0 Å². The number of likely N-dealkylation sites (N-methyl/N-ethyl adjacent to an activating group) is 1. The van der Waals surface area contributed by atoms with E-state index in [-0.39, 0.29) is 12.5 Å². The minimum absolute atomic E-state index is 0.0614. The fraction of sp³-hybridized carbons (Fsp3) is 0.429. The molecule has 1 aromatic rings. The van der Waals surface area contributed by atoms with Gasteiger partial charge in [0.25, 0.3) is 0 Å². The van der Waals surface area contributed by atoms with Gasteiger partial charge in [-0.3, -0.25) is 14.5 Å². The van der Waals surface area contributed by atoms with Crippen LogP contribution in [0.4, 0.5) is 0 Å². The van der Waals surface area contributed by atoms with E-state index >= 15 is 0 Å². The molecule has 1 rings (SSSR count). The molecule has 0 saturated heterocycles. The van der Waals surface area contributed by atoms with Gasteiger partial charge in [0.15, 0.2) is 0 Å². The summed E-state index contributed by atoms with van der Waals surface area (Å²) >= 11 is 0. The summed E-state index contributed by atoms with van der Waals surface area (Å²) in [6.45, 7) is 2.63. The Balaban J connectivity index is 2.72. The smallest absolute Gasteiger partial charge is 0.325 e. The molecule has 0 heterocycles. The van der Waals surface area contributed by atoms with Crippen LogP contribution in [0.3, 0.4) is 0 Å². The molecule has 1 atom stereocenters. The van der Waals surface area contributed by atoms with E-state index in [9.17, 15) is 14.7 Å². The molecule has 0 saturated carbocycles. The molecule has 1 unspecified atom stereocenters. The van der Waals surface area contributed by atoms with Crippen LogP contribution in [0, 0.1) is 0 Å². The molecule has 0 spiro atoms. The van der Waals surface area contributed by atoms with E-state index in [4.69, 9.17) is 0 Å². The summed E-state index contributed by atoms with van der Waals surface area (Å²) in [4.78, 5) is 24.5. The highest BCUT2D eigenvalue weighted by molar-refractivity contribution is 5.80. The van der Waals surface area contributed by atoms with E-state index in [0.717, 1.165) is 6.42 Å². The second kappa shape index (κ2) is 7.53. The lowest BCUT2D eigenvalue weighted by Crippen LogP contribution is -2.39. The molecule has 0 bridgehead atoms. The summed E-state index contributed by atoms with van der Waals surface area (Å²) in [6, 6.07) is 8.09. The Morgan fingerprint density at radius 1 is 1.32 bits per heavy atom. The Bertz CT molecular complexity index is 420. The minimum atomic E-state index is -0.961. The highest BCUT2D eigenvalue weighted by atomic mass is 16.4. The number of nitrogens with zero attached hydrogens (tertiary/aromatic N) is 1. The van der Waals surface area contributed by atoms with Crippen molar-refractivity contribution in [3.8, 4) is 0 Å². The highest BCUT2D eigenvalue weighted by Gasteiger charge is 2.25. The van der Waals surface area contributed by atoms with Crippen molar-refractivity contribution in [3.63, 3.8) is 0 Å². The number of nitrogens with one attached hydrogen (secondary N) is 1. The summed E-state index contributed by atoms with van der Waals surface area (Å²) in [6.07, 6.45) is 0.858. The molecular formula is C14H20N2O3. The average molecular weight is 264 g/mol. The molecule has 2 N–H and O–H groups in total. The molecule has 0 aliphatic rings. The van der Waals surface area contributed by atoms with Crippen LogP contribution in [0.2, 0.25) is 0 Å².